The topological polar surface area (TPSA) is 93.2 Å². The fourth-order valence-corrected chi connectivity index (χ4v) is 4.19. The second-order valence-corrected chi connectivity index (χ2v) is 9.16. The number of ketones is 1. The highest BCUT2D eigenvalue weighted by atomic mass is 32.2. The van der Waals surface area contributed by atoms with Gasteiger partial charge in [0.2, 0.25) is 5.91 Å². The van der Waals surface area contributed by atoms with Crippen molar-refractivity contribution in [3.8, 4) is 0 Å². The zero-order valence-corrected chi connectivity index (χ0v) is 16.3. The first-order valence-electron chi connectivity index (χ1n) is 8.32. The number of aromatic nitrogens is 1. The zero-order chi connectivity index (χ0) is 19.4. The summed E-state index contributed by atoms with van der Waals surface area (Å²) < 4.78 is 23.9. The second kappa shape index (κ2) is 7.98. The number of fused-ring (bicyclic) bond motifs is 1. The molecule has 0 saturated carbocycles. The molecule has 1 amide bonds. The molecule has 0 aliphatic heterocycles. The highest BCUT2D eigenvalue weighted by molar-refractivity contribution is 7.90. The number of carbonyl (C=O) groups is 2. The molecule has 0 unspecified atom stereocenters. The maximum Gasteiger partial charge on any atom is 0.226 e. The van der Waals surface area contributed by atoms with E-state index in [-0.39, 0.29) is 23.0 Å². The molecule has 0 aliphatic rings. The molecule has 3 rings (SSSR count). The smallest absolute Gasteiger partial charge is 0.226 e. The predicted octanol–water partition coefficient (Wildman–Crippen LogP) is 3.69. The van der Waals surface area contributed by atoms with Gasteiger partial charge in [-0.05, 0) is 24.6 Å². The Balaban J connectivity index is 1.57. The maximum atomic E-state index is 12.1. The van der Waals surface area contributed by atoms with Crippen LogP contribution in [0.3, 0.4) is 0 Å². The third-order valence-corrected chi connectivity index (χ3v) is 5.98. The molecule has 0 aliphatic carbocycles. The van der Waals surface area contributed by atoms with Crippen LogP contribution in [0.25, 0.3) is 10.2 Å². The molecule has 0 spiro atoms. The van der Waals surface area contributed by atoms with Crippen molar-refractivity contribution in [3.63, 3.8) is 0 Å². The Morgan fingerprint density at radius 3 is 2.52 bits per heavy atom. The van der Waals surface area contributed by atoms with Crippen LogP contribution in [0.1, 0.15) is 29.6 Å². The van der Waals surface area contributed by atoms with Crippen LogP contribution < -0.4 is 5.32 Å². The van der Waals surface area contributed by atoms with Gasteiger partial charge >= 0.3 is 0 Å². The molecule has 27 heavy (non-hydrogen) atoms. The Hall–Kier alpha value is -2.58. The number of nitrogens with zero attached hydrogens (tertiary/aromatic N) is 1. The summed E-state index contributed by atoms with van der Waals surface area (Å²) in [6.07, 6.45) is 2.11. The summed E-state index contributed by atoms with van der Waals surface area (Å²) >= 11 is 1.22. The minimum atomic E-state index is -3.29. The lowest BCUT2D eigenvalue weighted by Crippen LogP contribution is -2.11. The highest BCUT2D eigenvalue weighted by Crippen LogP contribution is 2.28. The van der Waals surface area contributed by atoms with Crippen LogP contribution in [0.4, 0.5) is 5.13 Å². The fraction of sp³-hybridized carbons (Fsp3) is 0.211. The molecule has 3 aromatic rings. The van der Waals surface area contributed by atoms with Gasteiger partial charge in [-0.2, -0.15) is 0 Å². The van der Waals surface area contributed by atoms with E-state index in [4.69, 9.17) is 0 Å². The van der Waals surface area contributed by atoms with Crippen LogP contribution in [-0.4, -0.2) is 31.3 Å². The molecule has 6 nitrogen and oxygen atoms in total. The Morgan fingerprint density at radius 2 is 1.81 bits per heavy atom. The van der Waals surface area contributed by atoms with Gasteiger partial charge in [0.1, 0.15) is 0 Å². The van der Waals surface area contributed by atoms with Crippen LogP contribution in [-0.2, 0) is 14.6 Å². The van der Waals surface area contributed by atoms with Gasteiger partial charge in [-0.1, -0.05) is 41.7 Å². The van der Waals surface area contributed by atoms with Gasteiger partial charge in [0.25, 0.3) is 0 Å². The van der Waals surface area contributed by atoms with Crippen molar-refractivity contribution in [2.45, 2.75) is 24.2 Å². The predicted molar refractivity (Wildman–Crippen MR) is 106 cm³/mol. The van der Waals surface area contributed by atoms with Crippen LogP contribution in [0.5, 0.6) is 0 Å². The number of nitrogens with one attached hydrogen (secondary N) is 1. The molecule has 0 bridgehead atoms. The van der Waals surface area contributed by atoms with Crippen molar-refractivity contribution in [3.05, 3.63) is 54.1 Å². The second-order valence-electron chi connectivity index (χ2n) is 6.11. The van der Waals surface area contributed by atoms with E-state index >= 15 is 0 Å². The van der Waals surface area contributed by atoms with Gasteiger partial charge in [0, 0.05) is 24.7 Å². The third-order valence-electron chi connectivity index (χ3n) is 3.94. The van der Waals surface area contributed by atoms with Crippen molar-refractivity contribution >= 4 is 48.2 Å². The van der Waals surface area contributed by atoms with E-state index in [2.05, 4.69) is 10.3 Å². The summed E-state index contributed by atoms with van der Waals surface area (Å²) in [7, 11) is -3.29. The van der Waals surface area contributed by atoms with Crippen molar-refractivity contribution in [2.24, 2.45) is 0 Å². The van der Waals surface area contributed by atoms with Crippen molar-refractivity contribution in [2.75, 3.05) is 11.6 Å². The number of hydrogen-bond donors (Lipinski definition) is 1. The van der Waals surface area contributed by atoms with E-state index in [0.717, 1.165) is 6.26 Å². The van der Waals surface area contributed by atoms with E-state index in [0.29, 0.717) is 33.8 Å². The van der Waals surface area contributed by atoms with Gasteiger partial charge in [0.15, 0.2) is 20.8 Å². The molecule has 0 atom stereocenters. The van der Waals surface area contributed by atoms with Gasteiger partial charge in [-0.15, -0.1) is 0 Å². The zero-order valence-electron chi connectivity index (χ0n) is 14.6. The van der Waals surface area contributed by atoms with Crippen molar-refractivity contribution < 1.29 is 18.0 Å². The molecule has 0 saturated heterocycles. The number of amides is 1. The average Bonchev–Trinajstić information content (AvgIpc) is 3.02. The molecule has 1 heterocycles. The molecule has 1 aromatic heterocycles. The molecule has 0 fully saturated rings. The minimum Gasteiger partial charge on any atom is -0.302 e. The normalized spacial score (nSPS) is 11.4. The fourth-order valence-electron chi connectivity index (χ4n) is 2.55. The van der Waals surface area contributed by atoms with Gasteiger partial charge < -0.3 is 5.32 Å². The number of sulfone groups is 1. The molecule has 1 N–H and O–H groups in total. The molecule has 0 radical (unpaired) electrons. The lowest BCUT2D eigenvalue weighted by molar-refractivity contribution is -0.116. The van der Waals surface area contributed by atoms with E-state index in [1.807, 2.05) is 18.2 Å². The Kier molecular flexibility index (Phi) is 5.67. The summed E-state index contributed by atoms with van der Waals surface area (Å²) in [6.45, 7) is 0. The molecular weight excluding hydrogens is 384 g/mol. The van der Waals surface area contributed by atoms with Crippen molar-refractivity contribution in [1.29, 1.82) is 0 Å². The molecule has 8 heteroatoms. The Labute approximate surface area is 161 Å². The van der Waals surface area contributed by atoms with Crippen LogP contribution in [0.15, 0.2) is 53.4 Å². The summed E-state index contributed by atoms with van der Waals surface area (Å²) in [5.41, 5.74) is 1.27. The molecular formula is C19H18N2O4S2. The number of benzene rings is 2. The molecule has 2 aromatic carbocycles. The summed E-state index contributed by atoms with van der Waals surface area (Å²) in [4.78, 5) is 28.6. The van der Waals surface area contributed by atoms with Crippen molar-refractivity contribution in [1.82, 2.24) is 4.98 Å². The summed E-state index contributed by atoms with van der Waals surface area (Å²) in [5.74, 6) is -0.213. The average molecular weight is 402 g/mol. The lowest BCUT2D eigenvalue weighted by atomic mass is 10.1. The first-order valence-corrected chi connectivity index (χ1v) is 11.0. The quantitative estimate of drug-likeness (QED) is 0.608. The van der Waals surface area contributed by atoms with E-state index in [1.165, 1.54) is 17.4 Å². The van der Waals surface area contributed by atoms with Gasteiger partial charge in [-0.3, -0.25) is 9.59 Å². The van der Waals surface area contributed by atoms with Crippen LogP contribution in [0, 0.1) is 0 Å². The Morgan fingerprint density at radius 1 is 1.07 bits per heavy atom. The first kappa shape index (κ1) is 19.2. The number of carbonyl (C=O) groups excluding carboxylic acids is 2. The van der Waals surface area contributed by atoms with Crippen LogP contribution in [0.2, 0.25) is 0 Å². The van der Waals surface area contributed by atoms with Gasteiger partial charge in [-0.25, -0.2) is 13.4 Å². The van der Waals surface area contributed by atoms with E-state index in [9.17, 15) is 18.0 Å². The molecule has 140 valence electrons. The third kappa shape index (κ3) is 4.99. The standard InChI is InChI=1S/C19H18N2O4S2/c1-27(24,25)14-10-11-15-17(12-14)26-19(20-15)21-18(23)9-5-8-16(22)13-6-3-2-4-7-13/h2-4,6-7,10-12H,5,8-9H2,1H3,(H,20,21,23). The maximum absolute atomic E-state index is 12.1. The Bertz CT molecular complexity index is 1090. The monoisotopic (exact) mass is 402 g/mol. The number of rotatable bonds is 7. The summed E-state index contributed by atoms with van der Waals surface area (Å²) in [5, 5.41) is 3.12. The van der Waals surface area contributed by atoms with E-state index in [1.54, 1.807) is 24.3 Å². The minimum absolute atomic E-state index is 0.0108. The van der Waals surface area contributed by atoms with Crippen LogP contribution >= 0.6 is 11.3 Å². The summed E-state index contributed by atoms with van der Waals surface area (Å²) in [6, 6.07) is 13.7. The number of hydrogen-bond acceptors (Lipinski definition) is 6. The lowest BCUT2D eigenvalue weighted by Gasteiger charge is -2.02. The SMILES string of the molecule is CS(=O)(=O)c1ccc2nc(NC(=O)CCCC(=O)c3ccccc3)sc2c1. The largest absolute Gasteiger partial charge is 0.302 e. The van der Waals surface area contributed by atoms with Gasteiger partial charge in [0.05, 0.1) is 15.1 Å². The first-order chi connectivity index (χ1) is 12.8. The van der Waals surface area contributed by atoms with E-state index < -0.39 is 9.84 Å². The highest BCUT2D eigenvalue weighted by Gasteiger charge is 2.13. The number of thiazole rings is 1. The number of Topliss-reactive ketones (excluding diaryl/α,β-unsaturated/α-hetero) is 1. The number of anilines is 1.